The molecule has 0 bridgehead atoms. The van der Waals surface area contributed by atoms with Gasteiger partial charge in [0.05, 0.1) is 10.7 Å². The fraction of sp³-hybridized carbons (Fsp3) is 0.125. The van der Waals surface area contributed by atoms with Gasteiger partial charge in [-0.15, -0.1) is 0 Å². The SMILES string of the molecule is Cc1ccc(-c2ccc(F)c(Cl)c2)c(NC(=O)O)c1.O=C(O)C(F)(F)F. The molecule has 0 fully saturated rings. The number of halogens is 5. The number of hydrogen-bond acceptors (Lipinski definition) is 2. The largest absolute Gasteiger partial charge is 0.490 e. The number of amides is 1. The average molecular weight is 394 g/mol. The number of carboxylic acids is 1. The van der Waals surface area contributed by atoms with E-state index in [1.807, 2.05) is 13.0 Å². The van der Waals surface area contributed by atoms with Gasteiger partial charge in [0.15, 0.2) is 0 Å². The number of alkyl halides is 3. The molecule has 0 aliphatic carbocycles. The smallest absolute Gasteiger partial charge is 0.475 e. The molecule has 0 saturated carbocycles. The Morgan fingerprint density at radius 3 is 2.12 bits per heavy atom. The van der Waals surface area contributed by atoms with Crippen molar-refractivity contribution in [2.75, 3.05) is 5.32 Å². The lowest BCUT2D eigenvalue weighted by atomic mass is 10.0. The first kappa shape index (κ1) is 21.2. The number of carboxylic acid groups (broad SMARTS) is 2. The van der Waals surface area contributed by atoms with Gasteiger partial charge in [-0.3, -0.25) is 5.32 Å². The van der Waals surface area contributed by atoms with Gasteiger partial charge < -0.3 is 10.2 Å². The third-order valence-electron chi connectivity index (χ3n) is 2.89. The van der Waals surface area contributed by atoms with Crippen LogP contribution < -0.4 is 5.32 Å². The standard InChI is InChI=1S/C14H11ClFNO2.C2HF3O2/c1-8-2-4-10(13(6-8)17-14(18)19)9-3-5-12(16)11(15)7-9;3-2(4,5)1(6)7/h2-7,17H,1H3,(H,18,19);(H,6,7). The molecule has 5 nitrogen and oxygen atoms in total. The van der Waals surface area contributed by atoms with Crippen molar-refractivity contribution in [2.45, 2.75) is 13.1 Å². The van der Waals surface area contributed by atoms with E-state index < -0.39 is 24.1 Å². The summed E-state index contributed by atoms with van der Waals surface area (Å²) in [7, 11) is 0. The van der Waals surface area contributed by atoms with E-state index in [0.717, 1.165) is 5.56 Å². The normalized spacial score (nSPS) is 10.5. The molecule has 0 aromatic heterocycles. The van der Waals surface area contributed by atoms with Gasteiger partial charge in [-0.1, -0.05) is 29.8 Å². The molecule has 0 spiro atoms. The molecule has 2 aromatic rings. The molecule has 0 atom stereocenters. The second-order valence-corrected chi connectivity index (χ2v) is 5.32. The summed E-state index contributed by atoms with van der Waals surface area (Å²) in [6.07, 6.45) is -6.24. The Balaban J connectivity index is 0.000000412. The van der Waals surface area contributed by atoms with Gasteiger partial charge in [-0.2, -0.15) is 13.2 Å². The third kappa shape index (κ3) is 6.25. The second kappa shape index (κ2) is 8.52. The summed E-state index contributed by atoms with van der Waals surface area (Å²) in [5.74, 6) is -3.27. The third-order valence-corrected chi connectivity index (χ3v) is 3.18. The molecular weight excluding hydrogens is 382 g/mol. The summed E-state index contributed by atoms with van der Waals surface area (Å²) in [6.45, 7) is 1.86. The van der Waals surface area contributed by atoms with Gasteiger partial charge in [-0.25, -0.2) is 14.0 Å². The molecule has 0 radical (unpaired) electrons. The van der Waals surface area contributed by atoms with Crippen molar-refractivity contribution in [1.29, 1.82) is 0 Å². The first-order valence-electron chi connectivity index (χ1n) is 6.78. The fourth-order valence-corrected chi connectivity index (χ4v) is 1.97. The Morgan fingerprint density at radius 1 is 1.08 bits per heavy atom. The molecule has 140 valence electrons. The lowest BCUT2D eigenvalue weighted by Gasteiger charge is -2.11. The number of aliphatic carboxylic acids is 1. The highest BCUT2D eigenvalue weighted by Gasteiger charge is 2.38. The molecule has 0 aliphatic heterocycles. The Labute approximate surface area is 149 Å². The van der Waals surface area contributed by atoms with Crippen LogP contribution in [0.3, 0.4) is 0 Å². The summed E-state index contributed by atoms with van der Waals surface area (Å²) in [4.78, 5) is 19.7. The minimum atomic E-state index is -5.08. The van der Waals surface area contributed by atoms with Gasteiger partial charge in [0.1, 0.15) is 5.82 Å². The van der Waals surface area contributed by atoms with Crippen molar-refractivity contribution in [2.24, 2.45) is 0 Å². The number of nitrogens with one attached hydrogen (secondary N) is 1. The van der Waals surface area contributed by atoms with E-state index in [0.29, 0.717) is 16.8 Å². The maximum Gasteiger partial charge on any atom is 0.490 e. The molecule has 0 aliphatic rings. The Bertz CT molecular complexity index is 824. The first-order valence-corrected chi connectivity index (χ1v) is 7.15. The molecule has 1 amide bonds. The van der Waals surface area contributed by atoms with Crippen LogP contribution in [0.4, 0.5) is 28.0 Å². The van der Waals surface area contributed by atoms with Gasteiger partial charge in [0.25, 0.3) is 0 Å². The van der Waals surface area contributed by atoms with Crippen LogP contribution in [0.1, 0.15) is 5.56 Å². The quantitative estimate of drug-likeness (QED) is 0.614. The highest BCUT2D eigenvalue weighted by Crippen LogP contribution is 2.31. The monoisotopic (exact) mass is 393 g/mol. The van der Waals surface area contributed by atoms with Crippen LogP contribution in [0.25, 0.3) is 11.1 Å². The van der Waals surface area contributed by atoms with Crippen LogP contribution in [0.15, 0.2) is 36.4 Å². The van der Waals surface area contributed by atoms with E-state index in [1.165, 1.54) is 12.1 Å². The van der Waals surface area contributed by atoms with Crippen LogP contribution in [0.2, 0.25) is 5.02 Å². The minimum absolute atomic E-state index is 0.000602. The molecule has 0 heterocycles. The summed E-state index contributed by atoms with van der Waals surface area (Å²) < 4.78 is 44.9. The van der Waals surface area contributed by atoms with Gasteiger partial charge in [0.2, 0.25) is 0 Å². The summed E-state index contributed by atoms with van der Waals surface area (Å²) in [5.41, 5.74) is 2.65. The fourth-order valence-electron chi connectivity index (χ4n) is 1.79. The van der Waals surface area contributed by atoms with Crippen molar-refractivity contribution in [3.05, 3.63) is 52.8 Å². The van der Waals surface area contributed by atoms with Crippen LogP contribution in [0, 0.1) is 12.7 Å². The van der Waals surface area contributed by atoms with E-state index >= 15 is 0 Å². The number of rotatable bonds is 2. The van der Waals surface area contributed by atoms with Gasteiger partial charge >= 0.3 is 18.2 Å². The Kier molecular flexibility index (Phi) is 6.96. The zero-order valence-corrected chi connectivity index (χ0v) is 13.8. The van der Waals surface area contributed by atoms with Crippen molar-refractivity contribution in [1.82, 2.24) is 0 Å². The topological polar surface area (TPSA) is 86.6 Å². The van der Waals surface area contributed by atoms with E-state index in [9.17, 15) is 22.4 Å². The van der Waals surface area contributed by atoms with Crippen molar-refractivity contribution < 1.29 is 37.4 Å². The summed E-state index contributed by atoms with van der Waals surface area (Å²) in [6, 6.07) is 9.60. The Morgan fingerprint density at radius 2 is 1.65 bits per heavy atom. The number of carbonyl (C=O) groups is 2. The lowest BCUT2D eigenvalue weighted by Crippen LogP contribution is -2.21. The molecule has 26 heavy (non-hydrogen) atoms. The predicted molar refractivity (Wildman–Crippen MR) is 86.9 cm³/mol. The van der Waals surface area contributed by atoms with E-state index in [4.69, 9.17) is 26.6 Å². The zero-order chi connectivity index (χ0) is 20.1. The van der Waals surface area contributed by atoms with Crippen LogP contribution in [0.5, 0.6) is 0 Å². The van der Waals surface area contributed by atoms with E-state index in [-0.39, 0.29) is 5.02 Å². The van der Waals surface area contributed by atoms with E-state index in [2.05, 4.69) is 5.32 Å². The highest BCUT2D eigenvalue weighted by molar-refractivity contribution is 6.31. The van der Waals surface area contributed by atoms with Gasteiger partial charge in [-0.05, 0) is 36.2 Å². The van der Waals surface area contributed by atoms with Crippen molar-refractivity contribution >= 4 is 29.4 Å². The maximum absolute atomic E-state index is 13.1. The van der Waals surface area contributed by atoms with Crippen LogP contribution in [-0.4, -0.2) is 28.5 Å². The highest BCUT2D eigenvalue weighted by atomic mass is 35.5. The minimum Gasteiger partial charge on any atom is -0.475 e. The van der Waals surface area contributed by atoms with Crippen molar-refractivity contribution in [3.8, 4) is 11.1 Å². The number of aryl methyl sites for hydroxylation is 1. The van der Waals surface area contributed by atoms with E-state index in [1.54, 1.807) is 18.2 Å². The molecule has 3 N–H and O–H groups in total. The van der Waals surface area contributed by atoms with Crippen molar-refractivity contribution in [3.63, 3.8) is 0 Å². The maximum atomic E-state index is 13.1. The average Bonchev–Trinajstić information content (AvgIpc) is 2.49. The van der Waals surface area contributed by atoms with Crippen LogP contribution in [-0.2, 0) is 4.79 Å². The molecule has 10 heteroatoms. The summed E-state index contributed by atoms with van der Waals surface area (Å²) in [5, 5.41) is 18.3. The molecule has 0 saturated heterocycles. The predicted octanol–water partition coefficient (Wildman–Crippen LogP) is 5.18. The lowest BCUT2D eigenvalue weighted by molar-refractivity contribution is -0.192. The second-order valence-electron chi connectivity index (χ2n) is 4.91. The molecule has 0 unspecified atom stereocenters. The number of hydrogen-bond donors (Lipinski definition) is 3. The number of anilines is 1. The van der Waals surface area contributed by atoms with Crippen LogP contribution >= 0.6 is 11.6 Å². The Hall–Kier alpha value is -2.81. The summed E-state index contributed by atoms with van der Waals surface area (Å²) >= 11 is 5.74. The molecule has 2 aromatic carbocycles. The first-order chi connectivity index (χ1) is 11.9. The van der Waals surface area contributed by atoms with Gasteiger partial charge in [0, 0.05) is 5.56 Å². The number of benzene rings is 2. The molecule has 2 rings (SSSR count). The zero-order valence-electron chi connectivity index (χ0n) is 13.1. The molecular formula is C16H12ClF4NO4.